The van der Waals surface area contributed by atoms with Crippen LogP contribution in [0.3, 0.4) is 0 Å². The van der Waals surface area contributed by atoms with Gasteiger partial charge in [-0.15, -0.1) is 0 Å². The lowest BCUT2D eigenvalue weighted by Gasteiger charge is -2.21. The van der Waals surface area contributed by atoms with Crippen molar-refractivity contribution in [1.82, 2.24) is 15.3 Å². The summed E-state index contributed by atoms with van der Waals surface area (Å²) >= 11 is 0. The average Bonchev–Trinajstić information content (AvgIpc) is 3.05. The van der Waals surface area contributed by atoms with Crippen LogP contribution in [0, 0.1) is 26.6 Å². The Morgan fingerprint density at radius 3 is 2.81 bits per heavy atom. The molecule has 1 atom stereocenters. The number of nitrogens with two attached hydrogens (primary N) is 1. The first kappa shape index (κ1) is 18.3. The fourth-order valence-corrected chi connectivity index (χ4v) is 3.29. The van der Waals surface area contributed by atoms with Crippen LogP contribution < -0.4 is 16.0 Å². The molecular formula is C19H24FN5O. The van der Waals surface area contributed by atoms with Crippen LogP contribution in [0.25, 0.3) is 0 Å². The molecular weight excluding hydrogens is 333 g/mol. The van der Waals surface area contributed by atoms with E-state index < -0.39 is 5.91 Å². The number of aromatic nitrogens is 2. The van der Waals surface area contributed by atoms with E-state index in [0.717, 1.165) is 42.1 Å². The lowest BCUT2D eigenvalue weighted by atomic mass is 10.1. The number of carbonyl (C=O) groups excluding carboxylic acids is 1. The summed E-state index contributed by atoms with van der Waals surface area (Å²) in [7, 11) is 0. The molecule has 6 nitrogen and oxygen atoms in total. The maximum Gasteiger partial charge on any atom is 0.286 e. The van der Waals surface area contributed by atoms with Crippen molar-refractivity contribution in [3.05, 3.63) is 52.2 Å². The van der Waals surface area contributed by atoms with Crippen molar-refractivity contribution in [2.75, 3.05) is 18.0 Å². The summed E-state index contributed by atoms with van der Waals surface area (Å²) in [6, 6.07) is 5.35. The fourth-order valence-electron chi connectivity index (χ4n) is 3.29. The largest absolute Gasteiger partial charge is 0.363 e. The highest BCUT2D eigenvalue weighted by molar-refractivity contribution is 5.89. The molecule has 0 spiro atoms. The van der Waals surface area contributed by atoms with Crippen LogP contribution in [0.5, 0.6) is 0 Å². The normalized spacial score (nSPS) is 16.9. The van der Waals surface area contributed by atoms with E-state index in [1.54, 1.807) is 6.07 Å². The van der Waals surface area contributed by atoms with Crippen LogP contribution in [0.4, 0.5) is 10.2 Å². The van der Waals surface area contributed by atoms with Crippen LogP contribution in [-0.2, 0) is 6.54 Å². The minimum Gasteiger partial charge on any atom is -0.363 e. The van der Waals surface area contributed by atoms with Gasteiger partial charge in [-0.05, 0) is 38.8 Å². The van der Waals surface area contributed by atoms with Crippen molar-refractivity contribution in [3.63, 3.8) is 0 Å². The molecule has 1 aromatic carbocycles. The quantitative estimate of drug-likeness (QED) is 0.855. The number of nitrogens with one attached hydrogen (secondary N) is 1. The molecule has 1 saturated heterocycles. The van der Waals surface area contributed by atoms with E-state index >= 15 is 0 Å². The van der Waals surface area contributed by atoms with Gasteiger partial charge in [-0.3, -0.25) is 4.79 Å². The Hall–Kier alpha value is -2.54. The van der Waals surface area contributed by atoms with E-state index in [0.29, 0.717) is 12.1 Å². The third-order valence-corrected chi connectivity index (χ3v) is 4.99. The molecule has 138 valence electrons. The summed E-state index contributed by atoms with van der Waals surface area (Å²) in [5.41, 5.74) is 8.68. The maximum atomic E-state index is 14.0. The van der Waals surface area contributed by atoms with Gasteiger partial charge in [0, 0.05) is 42.5 Å². The first-order chi connectivity index (χ1) is 12.4. The number of halogens is 1. The molecule has 1 aliphatic heterocycles. The zero-order chi connectivity index (χ0) is 18.8. The van der Waals surface area contributed by atoms with Crippen LogP contribution in [0.1, 0.15) is 39.4 Å². The number of rotatable bonds is 5. The van der Waals surface area contributed by atoms with Crippen LogP contribution in [0.15, 0.2) is 18.2 Å². The summed E-state index contributed by atoms with van der Waals surface area (Å²) in [5.74, 6) is -0.0156. The van der Waals surface area contributed by atoms with E-state index in [1.807, 2.05) is 26.8 Å². The molecule has 0 radical (unpaired) electrons. The summed E-state index contributed by atoms with van der Waals surface area (Å²) in [5, 5.41) is 3.43. The minimum absolute atomic E-state index is 0.0430. The molecule has 26 heavy (non-hydrogen) atoms. The van der Waals surface area contributed by atoms with Gasteiger partial charge in [-0.25, -0.2) is 14.4 Å². The Morgan fingerprint density at radius 1 is 1.35 bits per heavy atom. The standard InChI is InChI=1S/C19H24FN5O/c1-11-5-4-6-16(20)15(11)9-22-14-7-8-25(10-14)19-12(2)13(3)23-18(24-19)17(21)26/h4-6,14,22H,7-10H2,1-3H3,(H2,21,26)/t14-/m1/s1. The van der Waals surface area contributed by atoms with Gasteiger partial charge in [0.25, 0.3) is 5.91 Å². The monoisotopic (exact) mass is 357 g/mol. The van der Waals surface area contributed by atoms with E-state index in [1.165, 1.54) is 6.07 Å². The SMILES string of the molecule is Cc1cccc(F)c1CN[C@@H]1CCN(c2nc(C(N)=O)nc(C)c2C)C1. The Labute approximate surface area is 152 Å². The summed E-state index contributed by atoms with van der Waals surface area (Å²) in [6.45, 7) is 7.75. The average molecular weight is 357 g/mol. The van der Waals surface area contributed by atoms with Gasteiger partial charge < -0.3 is 16.0 Å². The van der Waals surface area contributed by atoms with Crippen molar-refractivity contribution in [2.24, 2.45) is 5.73 Å². The number of benzene rings is 1. The molecule has 0 bridgehead atoms. The minimum atomic E-state index is -0.627. The number of primary amides is 1. The summed E-state index contributed by atoms with van der Waals surface area (Å²) in [6.07, 6.45) is 0.919. The molecule has 1 fully saturated rings. The Morgan fingerprint density at radius 2 is 2.12 bits per heavy atom. The highest BCUT2D eigenvalue weighted by atomic mass is 19.1. The van der Waals surface area contributed by atoms with Gasteiger partial charge >= 0.3 is 0 Å². The number of nitrogens with zero attached hydrogens (tertiary/aromatic N) is 3. The maximum absolute atomic E-state index is 14.0. The Kier molecular flexibility index (Phi) is 5.18. The molecule has 1 amide bonds. The molecule has 0 saturated carbocycles. The van der Waals surface area contributed by atoms with Crippen LogP contribution in [0.2, 0.25) is 0 Å². The molecule has 3 rings (SSSR count). The predicted octanol–water partition coefficient (Wildman–Crippen LogP) is 2.01. The number of hydrogen-bond donors (Lipinski definition) is 2. The number of hydrogen-bond acceptors (Lipinski definition) is 5. The molecule has 0 aliphatic carbocycles. The second-order valence-electron chi connectivity index (χ2n) is 6.79. The second-order valence-corrected chi connectivity index (χ2v) is 6.79. The van der Waals surface area contributed by atoms with E-state index in [4.69, 9.17) is 5.73 Å². The third-order valence-electron chi connectivity index (χ3n) is 4.99. The van der Waals surface area contributed by atoms with Crippen molar-refractivity contribution in [2.45, 2.75) is 39.8 Å². The lowest BCUT2D eigenvalue weighted by molar-refractivity contribution is 0.0990. The highest BCUT2D eigenvalue weighted by Gasteiger charge is 2.26. The van der Waals surface area contributed by atoms with Gasteiger partial charge in [0.15, 0.2) is 0 Å². The smallest absolute Gasteiger partial charge is 0.286 e. The van der Waals surface area contributed by atoms with Crippen molar-refractivity contribution >= 4 is 11.7 Å². The first-order valence-corrected chi connectivity index (χ1v) is 8.74. The van der Waals surface area contributed by atoms with E-state index in [-0.39, 0.29) is 17.7 Å². The number of amides is 1. The first-order valence-electron chi connectivity index (χ1n) is 8.74. The highest BCUT2D eigenvalue weighted by Crippen LogP contribution is 2.24. The van der Waals surface area contributed by atoms with Gasteiger partial charge in [0.1, 0.15) is 11.6 Å². The molecule has 0 unspecified atom stereocenters. The number of anilines is 1. The molecule has 1 aliphatic rings. The van der Waals surface area contributed by atoms with Crippen molar-refractivity contribution in [3.8, 4) is 0 Å². The molecule has 3 N–H and O–H groups in total. The molecule has 7 heteroatoms. The van der Waals surface area contributed by atoms with E-state index in [2.05, 4.69) is 20.2 Å². The fraction of sp³-hybridized carbons (Fsp3) is 0.421. The second kappa shape index (κ2) is 7.37. The van der Waals surface area contributed by atoms with Gasteiger partial charge in [-0.2, -0.15) is 0 Å². The Bertz CT molecular complexity index is 819. The van der Waals surface area contributed by atoms with Gasteiger partial charge in [0.2, 0.25) is 5.82 Å². The van der Waals surface area contributed by atoms with Gasteiger partial charge in [0.05, 0.1) is 0 Å². The Balaban J connectivity index is 1.70. The topological polar surface area (TPSA) is 84.1 Å². The zero-order valence-corrected chi connectivity index (χ0v) is 15.3. The molecule has 1 aromatic heterocycles. The zero-order valence-electron chi connectivity index (χ0n) is 15.3. The summed E-state index contributed by atoms with van der Waals surface area (Å²) in [4.78, 5) is 22.1. The van der Waals surface area contributed by atoms with Crippen LogP contribution >= 0.6 is 0 Å². The predicted molar refractivity (Wildman–Crippen MR) is 98.6 cm³/mol. The van der Waals surface area contributed by atoms with Gasteiger partial charge in [-0.1, -0.05) is 12.1 Å². The molecule has 2 heterocycles. The summed E-state index contributed by atoms with van der Waals surface area (Å²) < 4.78 is 14.0. The molecule has 2 aromatic rings. The van der Waals surface area contributed by atoms with Crippen molar-refractivity contribution < 1.29 is 9.18 Å². The number of carbonyl (C=O) groups is 1. The van der Waals surface area contributed by atoms with Crippen molar-refractivity contribution in [1.29, 1.82) is 0 Å². The number of aryl methyl sites for hydroxylation is 2. The lowest BCUT2D eigenvalue weighted by Crippen LogP contribution is -2.33. The van der Waals surface area contributed by atoms with E-state index in [9.17, 15) is 9.18 Å². The van der Waals surface area contributed by atoms with Crippen LogP contribution in [-0.4, -0.2) is 35.0 Å². The third kappa shape index (κ3) is 3.67.